The molecule has 2 aromatic carbocycles. The Hall–Kier alpha value is -4.12. The van der Waals surface area contributed by atoms with E-state index in [4.69, 9.17) is 14.6 Å². The number of carbonyl (C=O) groups is 2. The summed E-state index contributed by atoms with van der Waals surface area (Å²) in [6.07, 6.45) is 3.23. The highest BCUT2D eigenvalue weighted by Crippen LogP contribution is 2.34. The molecule has 0 aliphatic carbocycles. The van der Waals surface area contributed by atoms with Crippen LogP contribution in [0.4, 0.5) is 10.1 Å². The van der Waals surface area contributed by atoms with E-state index in [2.05, 4.69) is 11.9 Å². The number of hydrogen-bond donors (Lipinski definition) is 2. The molecule has 2 N–H and O–H groups in total. The molecule has 30 heavy (non-hydrogen) atoms. The zero-order valence-electron chi connectivity index (χ0n) is 16.1. The normalized spacial score (nSPS) is 10.6. The van der Waals surface area contributed by atoms with Crippen molar-refractivity contribution in [3.05, 3.63) is 71.6 Å². The van der Waals surface area contributed by atoms with Crippen LogP contribution in [0.25, 0.3) is 6.08 Å². The van der Waals surface area contributed by atoms with Crippen molar-refractivity contribution in [1.82, 2.24) is 0 Å². The maximum Gasteiger partial charge on any atom is 0.341 e. The first-order valence-electron chi connectivity index (χ1n) is 8.73. The molecule has 0 aliphatic heterocycles. The molecule has 0 heterocycles. The average Bonchev–Trinajstić information content (AvgIpc) is 2.72. The van der Waals surface area contributed by atoms with Crippen molar-refractivity contribution in [3.63, 3.8) is 0 Å². The number of benzene rings is 2. The number of carboxylic acids is 1. The standard InChI is InChI=1S/C22H19FN2O5/c1-3-6-15-9-14(11-19(29-2)21(15)30-13-20(26)27)10-16(12-24)22(28)25-18-8-5-4-7-17(18)23/h3-5,7-11H,1,6,13H2,2H3,(H,25,28)(H,26,27)/b16-10-. The molecule has 2 rings (SSSR count). The number of aliphatic carboxylic acids is 1. The Morgan fingerprint density at radius 1 is 1.33 bits per heavy atom. The van der Waals surface area contributed by atoms with Crippen LogP contribution in [0.3, 0.4) is 0 Å². The minimum absolute atomic E-state index is 0.0500. The summed E-state index contributed by atoms with van der Waals surface area (Å²) in [6, 6.07) is 10.5. The van der Waals surface area contributed by atoms with Gasteiger partial charge in [0.05, 0.1) is 12.8 Å². The Bertz CT molecular complexity index is 1040. The van der Waals surface area contributed by atoms with E-state index >= 15 is 0 Å². The second kappa shape index (κ2) is 10.4. The van der Waals surface area contributed by atoms with Gasteiger partial charge in [-0.2, -0.15) is 5.26 Å². The lowest BCUT2D eigenvalue weighted by atomic mass is 10.0. The van der Waals surface area contributed by atoms with Crippen LogP contribution in [0.15, 0.2) is 54.6 Å². The summed E-state index contributed by atoms with van der Waals surface area (Å²) in [5.74, 6) is -2.10. The molecule has 0 atom stereocenters. The highest BCUT2D eigenvalue weighted by molar-refractivity contribution is 6.09. The average molecular weight is 410 g/mol. The van der Waals surface area contributed by atoms with Crippen LogP contribution in [0, 0.1) is 17.1 Å². The fourth-order valence-corrected chi connectivity index (χ4v) is 2.59. The highest BCUT2D eigenvalue weighted by Gasteiger charge is 2.16. The Labute approximate surface area is 172 Å². The van der Waals surface area contributed by atoms with Crippen LogP contribution in [0.5, 0.6) is 11.5 Å². The Morgan fingerprint density at radius 3 is 2.67 bits per heavy atom. The first kappa shape index (κ1) is 22.2. The summed E-state index contributed by atoms with van der Waals surface area (Å²) in [5.41, 5.74) is 0.685. The van der Waals surface area contributed by atoms with Crippen molar-refractivity contribution >= 4 is 23.6 Å². The Kier molecular flexibility index (Phi) is 7.71. The van der Waals surface area contributed by atoms with Gasteiger partial charge in [-0.3, -0.25) is 4.79 Å². The number of para-hydroxylation sites is 1. The van der Waals surface area contributed by atoms with E-state index in [1.54, 1.807) is 24.3 Å². The number of carboxylic acid groups (broad SMARTS) is 1. The van der Waals surface area contributed by atoms with Crippen LogP contribution < -0.4 is 14.8 Å². The van der Waals surface area contributed by atoms with Crippen LogP contribution >= 0.6 is 0 Å². The summed E-state index contributed by atoms with van der Waals surface area (Å²) in [6.45, 7) is 3.09. The van der Waals surface area contributed by atoms with Crippen LogP contribution in [-0.2, 0) is 16.0 Å². The molecule has 0 aliphatic rings. The first-order valence-corrected chi connectivity index (χ1v) is 8.73. The van der Waals surface area contributed by atoms with E-state index in [0.717, 1.165) is 0 Å². The van der Waals surface area contributed by atoms with E-state index in [1.165, 1.54) is 37.5 Å². The van der Waals surface area contributed by atoms with Crippen LogP contribution in [-0.4, -0.2) is 30.7 Å². The predicted octanol–water partition coefficient (Wildman–Crippen LogP) is 3.57. The summed E-state index contributed by atoms with van der Waals surface area (Å²) in [5, 5.41) is 20.6. The molecule has 1 amide bonds. The minimum Gasteiger partial charge on any atom is -0.493 e. The van der Waals surface area contributed by atoms with Gasteiger partial charge in [0.25, 0.3) is 5.91 Å². The zero-order chi connectivity index (χ0) is 22.1. The Morgan fingerprint density at radius 2 is 2.07 bits per heavy atom. The van der Waals surface area contributed by atoms with Gasteiger partial charge in [0.1, 0.15) is 17.5 Å². The van der Waals surface area contributed by atoms with E-state index in [-0.39, 0.29) is 22.8 Å². The SMILES string of the molecule is C=CCc1cc(/C=C(/C#N)C(=O)Nc2ccccc2F)cc(OC)c1OCC(=O)O. The molecule has 0 saturated heterocycles. The van der Waals surface area contributed by atoms with Gasteiger partial charge >= 0.3 is 5.97 Å². The number of nitrogens with zero attached hydrogens (tertiary/aromatic N) is 1. The summed E-state index contributed by atoms with van der Waals surface area (Å²) < 4.78 is 24.4. The quantitative estimate of drug-likeness (QED) is 0.372. The van der Waals surface area contributed by atoms with Gasteiger partial charge in [0, 0.05) is 5.56 Å². The predicted molar refractivity (Wildman–Crippen MR) is 109 cm³/mol. The molecule has 0 fully saturated rings. The fourth-order valence-electron chi connectivity index (χ4n) is 2.59. The second-order valence-electron chi connectivity index (χ2n) is 5.99. The Balaban J connectivity index is 2.41. The lowest BCUT2D eigenvalue weighted by molar-refractivity contribution is -0.139. The number of ether oxygens (including phenoxy) is 2. The molecule has 8 heteroatoms. The number of methoxy groups -OCH3 is 1. The number of rotatable bonds is 9. The van der Waals surface area contributed by atoms with Crippen molar-refractivity contribution in [2.45, 2.75) is 6.42 Å². The number of nitrogens with one attached hydrogen (secondary N) is 1. The maximum atomic E-state index is 13.8. The van der Waals surface area contributed by atoms with Gasteiger partial charge in [-0.25, -0.2) is 9.18 Å². The van der Waals surface area contributed by atoms with Crippen molar-refractivity contribution in [3.8, 4) is 17.6 Å². The molecule has 0 bridgehead atoms. The molecule has 0 aromatic heterocycles. The minimum atomic E-state index is -1.15. The zero-order valence-corrected chi connectivity index (χ0v) is 16.1. The maximum absolute atomic E-state index is 13.8. The smallest absolute Gasteiger partial charge is 0.341 e. The van der Waals surface area contributed by atoms with E-state index in [9.17, 15) is 19.2 Å². The molecule has 154 valence electrons. The van der Waals surface area contributed by atoms with E-state index < -0.39 is 24.3 Å². The lowest BCUT2D eigenvalue weighted by Gasteiger charge is -2.15. The van der Waals surface area contributed by atoms with Gasteiger partial charge in [0.15, 0.2) is 18.1 Å². The van der Waals surface area contributed by atoms with Crippen LogP contribution in [0.1, 0.15) is 11.1 Å². The van der Waals surface area contributed by atoms with E-state index in [0.29, 0.717) is 17.5 Å². The number of carbonyl (C=O) groups excluding carboxylic acids is 1. The number of allylic oxidation sites excluding steroid dienone is 1. The third kappa shape index (κ3) is 5.69. The molecular formula is C22H19FN2O5. The number of hydrogen-bond acceptors (Lipinski definition) is 5. The second-order valence-corrected chi connectivity index (χ2v) is 5.99. The lowest BCUT2D eigenvalue weighted by Crippen LogP contribution is -2.14. The summed E-state index contributed by atoms with van der Waals surface area (Å²) in [4.78, 5) is 23.2. The molecule has 0 spiro atoms. The first-order chi connectivity index (χ1) is 14.4. The summed E-state index contributed by atoms with van der Waals surface area (Å²) >= 11 is 0. The third-order valence-electron chi connectivity index (χ3n) is 3.88. The molecule has 0 radical (unpaired) electrons. The molecular weight excluding hydrogens is 391 g/mol. The molecule has 0 saturated carbocycles. The number of nitriles is 1. The van der Waals surface area contributed by atoms with E-state index in [1.807, 2.05) is 0 Å². The van der Waals surface area contributed by atoms with Crippen molar-refractivity contribution in [2.24, 2.45) is 0 Å². The number of amides is 1. The van der Waals surface area contributed by atoms with Gasteiger partial charge < -0.3 is 19.9 Å². The monoisotopic (exact) mass is 410 g/mol. The van der Waals surface area contributed by atoms with Crippen LogP contribution in [0.2, 0.25) is 0 Å². The largest absolute Gasteiger partial charge is 0.493 e. The molecule has 0 unspecified atom stereocenters. The highest BCUT2D eigenvalue weighted by atomic mass is 19.1. The van der Waals surface area contributed by atoms with Gasteiger partial charge in [-0.15, -0.1) is 6.58 Å². The molecule has 2 aromatic rings. The third-order valence-corrected chi connectivity index (χ3v) is 3.88. The number of halogens is 1. The van der Waals surface area contributed by atoms with Gasteiger partial charge in [-0.1, -0.05) is 18.2 Å². The van der Waals surface area contributed by atoms with Crippen molar-refractivity contribution < 1.29 is 28.6 Å². The van der Waals surface area contributed by atoms with Crippen molar-refractivity contribution in [2.75, 3.05) is 19.0 Å². The topological polar surface area (TPSA) is 109 Å². The van der Waals surface area contributed by atoms with Gasteiger partial charge in [0.2, 0.25) is 0 Å². The fraction of sp³-hybridized carbons (Fsp3) is 0.136. The van der Waals surface area contributed by atoms with Crippen molar-refractivity contribution in [1.29, 1.82) is 5.26 Å². The number of anilines is 1. The molecule has 7 nitrogen and oxygen atoms in total. The van der Waals surface area contributed by atoms with Gasteiger partial charge in [-0.05, 0) is 42.3 Å². The summed E-state index contributed by atoms with van der Waals surface area (Å²) in [7, 11) is 1.38.